The summed E-state index contributed by atoms with van der Waals surface area (Å²) < 4.78 is 30.7. The molecule has 0 saturated carbocycles. The van der Waals surface area contributed by atoms with Gasteiger partial charge in [-0.25, -0.2) is 0 Å². The summed E-state index contributed by atoms with van der Waals surface area (Å²) >= 11 is 4.14. The van der Waals surface area contributed by atoms with E-state index < -0.39 is 10.4 Å². The first-order chi connectivity index (χ1) is 2.56. The molecule has 0 N–H and O–H groups in total. The summed E-state index contributed by atoms with van der Waals surface area (Å²) in [5, 5.41) is 0. The Labute approximate surface area is 39.6 Å². The molecule has 0 fully saturated rings. The zero-order valence-corrected chi connectivity index (χ0v) is 4.00. The molecule has 36 valence electrons. The fourth-order valence-electron chi connectivity index (χ4n) is 0. The highest BCUT2D eigenvalue weighted by Crippen LogP contribution is 1.85. The maximum absolute atomic E-state index is 10.8. The standard InChI is InChI=1S/ClFNO2S/c1-3-6(2,4)5/q+1. The van der Waals surface area contributed by atoms with Gasteiger partial charge in [-0.2, -0.15) is 0 Å². The highest BCUT2D eigenvalue weighted by Gasteiger charge is 2.23. The van der Waals surface area contributed by atoms with Crippen molar-refractivity contribution in [3.8, 4) is 0 Å². The highest BCUT2D eigenvalue weighted by molar-refractivity contribution is 7.85. The third-order valence-electron chi connectivity index (χ3n) is 0.0824. The van der Waals surface area contributed by atoms with E-state index in [2.05, 4.69) is 11.8 Å². The van der Waals surface area contributed by atoms with Gasteiger partial charge in [0, 0.05) is 0 Å². The van der Waals surface area contributed by atoms with Gasteiger partial charge in [-0.3, -0.25) is 0 Å². The van der Waals surface area contributed by atoms with Crippen LogP contribution in [-0.4, -0.2) is 8.42 Å². The molecule has 0 aliphatic rings. The first-order valence-electron chi connectivity index (χ1n) is 0.839. The van der Waals surface area contributed by atoms with Crippen molar-refractivity contribution in [2.75, 3.05) is 0 Å². The Hall–Kier alpha value is 0.130. The largest absolute Gasteiger partial charge is 0.608 e. The molecule has 3 nitrogen and oxygen atoms in total. The van der Waals surface area contributed by atoms with Crippen LogP contribution in [0.4, 0.5) is 3.89 Å². The van der Waals surface area contributed by atoms with Crippen molar-refractivity contribution in [3.63, 3.8) is 0 Å². The summed E-state index contributed by atoms with van der Waals surface area (Å²) in [6.45, 7) is 0. The van der Waals surface area contributed by atoms with Crippen LogP contribution in [0.15, 0.2) is 0 Å². The molecule has 6 heavy (non-hydrogen) atoms. The Bertz CT molecular complexity index is 116. The van der Waals surface area contributed by atoms with Gasteiger partial charge in [0.15, 0.2) is 0 Å². The lowest BCUT2D eigenvalue weighted by molar-refractivity contribution is 0.548. The molecule has 0 aromatic rings. The van der Waals surface area contributed by atoms with Crippen LogP contribution in [0.5, 0.6) is 0 Å². The topological polar surface area (TPSA) is 48.2 Å². The van der Waals surface area contributed by atoms with Crippen LogP contribution in [0.2, 0.25) is 0 Å². The molecule has 0 aliphatic heterocycles. The molecule has 0 atom stereocenters. The van der Waals surface area contributed by atoms with Gasteiger partial charge in [0.25, 0.3) is 0 Å². The van der Waals surface area contributed by atoms with Gasteiger partial charge in [0.1, 0.15) is 0 Å². The minimum atomic E-state index is -4.77. The monoisotopic (exact) mass is 132 g/mol. The summed E-state index contributed by atoms with van der Waals surface area (Å²) in [5.74, 6) is 0. The molecule has 0 unspecified atom stereocenters. The molecule has 0 heterocycles. The van der Waals surface area contributed by atoms with Gasteiger partial charge in [0.2, 0.25) is 0 Å². The lowest BCUT2D eigenvalue weighted by Gasteiger charge is -1.52. The SMILES string of the molecule is O=S(=O)(F)[N+]Cl. The molecule has 0 saturated heterocycles. The van der Waals surface area contributed by atoms with E-state index >= 15 is 0 Å². The molecule has 0 rings (SSSR count). The third kappa shape index (κ3) is 4.13. The lowest BCUT2D eigenvalue weighted by atomic mass is 13.9. The van der Waals surface area contributed by atoms with Gasteiger partial charge in [-0.05, 0) is 3.89 Å². The highest BCUT2D eigenvalue weighted by atomic mass is 35.5. The van der Waals surface area contributed by atoms with Gasteiger partial charge < -0.3 is 0 Å². The van der Waals surface area contributed by atoms with Crippen LogP contribution in [0, 0.1) is 0 Å². The van der Waals surface area contributed by atoms with Crippen molar-refractivity contribution in [3.05, 3.63) is 0 Å². The Morgan fingerprint density at radius 1 is 1.67 bits per heavy atom. The molecule has 0 aliphatic carbocycles. The van der Waals surface area contributed by atoms with Crippen molar-refractivity contribution in [1.29, 1.82) is 0 Å². The Balaban J connectivity index is 3.85. The molecule has 0 aromatic heterocycles. The van der Waals surface area contributed by atoms with Crippen LogP contribution in [0.3, 0.4) is 0 Å². The molecule has 2 radical (unpaired) electrons. The Morgan fingerprint density at radius 2 is 1.83 bits per heavy atom. The molecule has 6 heteroatoms. The summed E-state index contributed by atoms with van der Waals surface area (Å²) in [6, 6.07) is 0. The molecule has 0 spiro atoms. The van der Waals surface area contributed by atoms with E-state index in [-0.39, 0.29) is 0 Å². The number of rotatable bonds is 1. The number of hydrogen-bond acceptors (Lipinski definition) is 2. The normalized spacial score (nSPS) is 11.7. The van der Waals surface area contributed by atoms with Crippen LogP contribution >= 0.6 is 11.8 Å². The first kappa shape index (κ1) is 6.13. The second kappa shape index (κ2) is 1.72. The molecule has 0 bridgehead atoms. The van der Waals surface area contributed by atoms with E-state index in [1.807, 2.05) is 0 Å². The fourth-order valence-corrected chi connectivity index (χ4v) is 0. The zero-order valence-electron chi connectivity index (χ0n) is 2.43. The van der Waals surface area contributed by atoms with Crippen LogP contribution in [0.25, 0.3) is 0 Å². The maximum atomic E-state index is 10.8. The average Bonchev–Trinajstić information content (AvgIpc) is 1.35. The van der Waals surface area contributed by atoms with Crippen LogP contribution < -0.4 is 4.24 Å². The van der Waals surface area contributed by atoms with E-state index in [1.165, 1.54) is 0 Å². The number of hydrogen-bond donors (Lipinski definition) is 0. The predicted octanol–water partition coefficient (Wildman–Crippen LogP) is -0.0411. The molecular formula is ClFNO2S+. The van der Waals surface area contributed by atoms with E-state index in [9.17, 15) is 3.89 Å². The average molecular weight is 133 g/mol. The molecule has 0 aromatic carbocycles. The second-order valence-corrected chi connectivity index (χ2v) is 1.86. The quantitative estimate of drug-likeness (QED) is 0.470. The van der Waals surface area contributed by atoms with Gasteiger partial charge in [0.05, 0.1) is 0 Å². The van der Waals surface area contributed by atoms with Crippen LogP contribution in [-0.2, 0) is 10.4 Å². The molecule has 0 amide bonds. The minimum Gasteiger partial charge on any atom is -0.131 e. The van der Waals surface area contributed by atoms with E-state index in [1.54, 1.807) is 4.24 Å². The zero-order chi connectivity index (χ0) is 5.21. The Kier molecular flexibility index (Phi) is 1.76. The van der Waals surface area contributed by atoms with Crippen molar-refractivity contribution < 1.29 is 12.3 Å². The lowest BCUT2D eigenvalue weighted by Crippen LogP contribution is -1.95. The third-order valence-corrected chi connectivity index (χ3v) is 0.742. The number of halogens is 2. The summed E-state index contributed by atoms with van der Waals surface area (Å²) in [5.41, 5.74) is 0. The minimum absolute atomic E-state index is 1.80. The smallest absolute Gasteiger partial charge is 0.131 e. The van der Waals surface area contributed by atoms with E-state index in [4.69, 9.17) is 8.42 Å². The Morgan fingerprint density at radius 3 is 1.83 bits per heavy atom. The van der Waals surface area contributed by atoms with Gasteiger partial charge in [-0.1, -0.05) is 0 Å². The maximum Gasteiger partial charge on any atom is 0.608 e. The fraction of sp³-hybridized carbons (Fsp3) is 0. The summed E-state index contributed by atoms with van der Waals surface area (Å²) in [6.07, 6.45) is 0. The van der Waals surface area contributed by atoms with Crippen molar-refractivity contribution in [1.82, 2.24) is 4.24 Å². The number of nitrogens with zero attached hydrogens (tertiary/aromatic N) is 1. The van der Waals surface area contributed by atoms with Crippen LogP contribution in [0.1, 0.15) is 0 Å². The molecular weight excluding hydrogens is 133 g/mol. The predicted molar refractivity (Wildman–Crippen MR) is 18.0 cm³/mol. The summed E-state index contributed by atoms with van der Waals surface area (Å²) in [4.78, 5) is 0. The second-order valence-electron chi connectivity index (χ2n) is 0.481. The van der Waals surface area contributed by atoms with E-state index in [0.717, 1.165) is 0 Å². The summed E-state index contributed by atoms with van der Waals surface area (Å²) in [7, 11) is -4.77. The van der Waals surface area contributed by atoms with Crippen molar-refractivity contribution >= 4 is 22.2 Å². The van der Waals surface area contributed by atoms with Gasteiger partial charge >= 0.3 is 26.4 Å². The van der Waals surface area contributed by atoms with E-state index in [0.29, 0.717) is 0 Å². The first-order valence-corrected chi connectivity index (χ1v) is 2.52. The van der Waals surface area contributed by atoms with Crippen molar-refractivity contribution in [2.24, 2.45) is 0 Å². The van der Waals surface area contributed by atoms with Gasteiger partial charge in [-0.15, -0.1) is 8.42 Å². The van der Waals surface area contributed by atoms with Crippen molar-refractivity contribution in [2.45, 2.75) is 0 Å².